The molecule has 30 heavy (non-hydrogen) atoms. The van der Waals surface area contributed by atoms with Gasteiger partial charge in [0.1, 0.15) is 17.9 Å². The van der Waals surface area contributed by atoms with Crippen LogP contribution in [-0.2, 0) is 18.4 Å². The SMILES string of the molecule is CC(C(=O)O)c1ccc(OCc2ccccc2)c(-c2cn(C)c(=O)c3[nH]ccc23)c1. The molecule has 0 saturated carbocycles. The number of rotatable bonds is 6. The van der Waals surface area contributed by atoms with Gasteiger partial charge in [0.15, 0.2) is 0 Å². The number of carbonyl (C=O) groups is 1. The van der Waals surface area contributed by atoms with Crippen LogP contribution in [0.25, 0.3) is 22.0 Å². The van der Waals surface area contributed by atoms with Crippen LogP contribution in [0.1, 0.15) is 24.0 Å². The molecular formula is C24H22N2O4. The summed E-state index contributed by atoms with van der Waals surface area (Å²) in [5, 5.41) is 10.2. The summed E-state index contributed by atoms with van der Waals surface area (Å²) >= 11 is 0. The van der Waals surface area contributed by atoms with Crippen LogP contribution in [0, 0.1) is 0 Å². The van der Waals surface area contributed by atoms with Crippen molar-refractivity contribution in [1.82, 2.24) is 9.55 Å². The molecular weight excluding hydrogens is 380 g/mol. The summed E-state index contributed by atoms with van der Waals surface area (Å²) in [5.74, 6) is -0.936. The topological polar surface area (TPSA) is 84.3 Å². The van der Waals surface area contributed by atoms with Gasteiger partial charge in [0.05, 0.1) is 5.92 Å². The molecule has 2 aromatic heterocycles. The van der Waals surface area contributed by atoms with Gasteiger partial charge < -0.3 is 19.4 Å². The lowest BCUT2D eigenvalue weighted by molar-refractivity contribution is -0.138. The maximum atomic E-state index is 12.5. The normalized spacial score (nSPS) is 12.1. The first-order valence-electron chi connectivity index (χ1n) is 9.66. The number of aliphatic carboxylic acids is 1. The van der Waals surface area contributed by atoms with Gasteiger partial charge in [-0.2, -0.15) is 0 Å². The van der Waals surface area contributed by atoms with Crippen molar-refractivity contribution >= 4 is 16.9 Å². The molecule has 0 amide bonds. The van der Waals surface area contributed by atoms with Crippen molar-refractivity contribution in [2.75, 3.05) is 0 Å². The Labute approximate surface area is 173 Å². The molecule has 4 aromatic rings. The molecule has 2 N–H and O–H groups in total. The largest absolute Gasteiger partial charge is 0.488 e. The second-order valence-corrected chi connectivity index (χ2v) is 7.31. The predicted molar refractivity (Wildman–Crippen MR) is 116 cm³/mol. The molecule has 6 heteroatoms. The number of hydrogen-bond acceptors (Lipinski definition) is 3. The van der Waals surface area contributed by atoms with Crippen LogP contribution < -0.4 is 10.3 Å². The van der Waals surface area contributed by atoms with Gasteiger partial charge >= 0.3 is 5.97 Å². The first-order chi connectivity index (χ1) is 14.5. The summed E-state index contributed by atoms with van der Waals surface area (Å²) in [7, 11) is 1.69. The van der Waals surface area contributed by atoms with E-state index >= 15 is 0 Å². The Bertz CT molecular complexity index is 1270. The van der Waals surface area contributed by atoms with E-state index in [1.807, 2.05) is 42.5 Å². The number of carboxylic acid groups (broad SMARTS) is 1. The van der Waals surface area contributed by atoms with Gasteiger partial charge in [0, 0.05) is 36.0 Å². The standard InChI is InChI=1S/C24H22N2O4/c1-15(24(28)29)17-8-9-21(30-14-16-6-4-3-5-7-16)19(12-17)20-13-26(2)23(27)22-18(20)10-11-25-22/h3-13,15,25H,14H2,1-2H3,(H,28,29). The van der Waals surface area contributed by atoms with Crippen molar-refractivity contribution in [1.29, 1.82) is 0 Å². The number of nitrogens with zero attached hydrogens (tertiary/aromatic N) is 1. The molecule has 0 spiro atoms. The lowest BCUT2D eigenvalue weighted by Crippen LogP contribution is -2.16. The summed E-state index contributed by atoms with van der Waals surface area (Å²) in [6.45, 7) is 2.03. The highest BCUT2D eigenvalue weighted by atomic mass is 16.5. The van der Waals surface area contributed by atoms with E-state index in [2.05, 4.69) is 4.98 Å². The summed E-state index contributed by atoms with van der Waals surface area (Å²) in [6, 6.07) is 17.1. The van der Waals surface area contributed by atoms with Crippen LogP contribution in [0.2, 0.25) is 0 Å². The van der Waals surface area contributed by atoms with Crippen molar-refractivity contribution in [3.05, 3.63) is 88.5 Å². The van der Waals surface area contributed by atoms with Crippen LogP contribution in [0.4, 0.5) is 0 Å². The first-order valence-corrected chi connectivity index (χ1v) is 9.66. The third-order valence-electron chi connectivity index (χ3n) is 5.30. The Balaban J connectivity index is 1.86. The second-order valence-electron chi connectivity index (χ2n) is 7.31. The minimum absolute atomic E-state index is 0.124. The van der Waals surface area contributed by atoms with Crippen molar-refractivity contribution in [3.63, 3.8) is 0 Å². The Morgan fingerprint density at radius 3 is 2.63 bits per heavy atom. The zero-order chi connectivity index (χ0) is 21.3. The monoisotopic (exact) mass is 402 g/mol. The van der Waals surface area contributed by atoms with Gasteiger partial charge in [0.2, 0.25) is 0 Å². The fourth-order valence-electron chi connectivity index (χ4n) is 3.51. The molecule has 4 rings (SSSR count). The van der Waals surface area contributed by atoms with Gasteiger partial charge in [0.25, 0.3) is 5.56 Å². The number of ether oxygens (including phenoxy) is 1. The molecule has 2 heterocycles. The number of fused-ring (bicyclic) bond motifs is 1. The van der Waals surface area contributed by atoms with Crippen LogP contribution in [-0.4, -0.2) is 20.6 Å². The minimum atomic E-state index is -0.897. The molecule has 0 radical (unpaired) electrons. The van der Waals surface area contributed by atoms with Crippen LogP contribution >= 0.6 is 0 Å². The zero-order valence-electron chi connectivity index (χ0n) is 16.8. The van der Waals surface area contributed by atoms with Crippen LogP contribution in [0.5, 0.6) is 5.75 Å². The predicted octanol–water partition coefficient (Wildman–Crippen LogP) is 4.30. The van der Waals surface area contributed by atoms with E-state index in [-0.39, 0.29) is 5.56 Å². The van der Waals surface area contributed by atoms with E-state index in [0.29, 0.717) is 23.4 Å². The van der Waals surface area contributed by atoms with E-state index in [4.69, 9.17) is 4.74 Å². The quantitative estimate of drug-likeness (QED) is 0.504. The molecule has 152 valence electrons. The number of aromatic amines is 1. The van der Waals surface area contributed by atoms with Crippen LogP contribution in [0.15, 0.2) is 71.8 Å². The van der Waals surface area contributed by atoms with Gasteiger partial charge in [-0.15, -0.1) is 0 Å². The Kier molecular flexibility index (Phi) is 5.14. The Morgan fingerprint density at radius 1 is 1.13 bits per heavy atom. The van der Waals surface area contributed by atoms with Gasteiger partial charge in [-0.3, -0.25) is 9.59 Å². The van der Waals surface area contributed by atoms with Gasteiger partial charge in [-0.1, -0.05) is 36.4 Å². The lowest BCUT2D eigenvalue weighted by atomic mass is 9.95. The molecule has 0 aliphatic rings. The molecule has 1 unspecified atom stereocenters. The second kappa shape index (κ2) is 7.91. The fraction of sp³-hybridized carbons (Fsp3) is 0.167. The Morgan fingerprint density at radius 2 is 1.90 bits per heavy atom. The number of H-pyrrole nitrogens is 1. The average molecular weight is 402 g/mol. The van der Waals surface area contributed by atoms with Gasteiger partial charge in [-0.05, 0) is 36.2 Å². The maximum absolute atomic E-state index is 12.5. The summed E-state index contributed by atoms with van der Waals surface area (Å²) < 4.78 is 7.64. The zero-order valence-corrected chi connectivity index (χ0v) is 16.8. The molecule has 6 nitrogen and oxygen atoms in total. The summed E-state index contributed by atoms with van der Waals surface area (Å²) in [6.07, 6.45) is 3.49. The number of carboxylic acids is 1. The lowest BCUT2D eigenvalue weighted by Gasteiger charge is -2.16. The highest BCUT2D eigenvalue weighted by Gasteiger charge is 2.19. The molecule has 2 aromatic carbocycles. The number of hydrogen-bond donors (Lipinski definition) is 2. The van der Waals surface area contributed by atoms with Crippen molar-refractivity contribution in [2.45, 2.75) is 19.4 Å². The molecule has 0 saturated heterocycles. The van der Waals surface area contributed by atoms with E-state index < -0.39 is 11.9 Å². The number of aryl methyl sites for hydroxylation is 1. The number of aromatic nitrogens is 2. The maximum Gasteiger partial charge on any atom is 0.310 e. The Hall–Kier alpha value is -3.80. The first kappa shape index (κ1) is 19.5. The van der Waals surface area contributed by atoms with E-state index in [0.717, 1.165) is 22.1 Å². The number of nitrogens with one attached hydrogen (secondary N) is 1. The van der Waals surface area contributed by atoms with E-state index in [9.17, 15) is 14.7 Å². The third-order valence-corrected chi connectivity index (χ3v) is 5.30. The molecule has 0 fully saturated rings. The van der Waals surface area contributed by atoms with Crippen molar-refractivity contribution < 1.29 is 14.6 Å². The van der Waals surface area contributed by atoms with E-state index in [1.165, 1.54) is 4.57 Å². The summed E-state index contributed by atoms with van der Waals surface area (Å²) in [4.78, 5) is 27.0. The highest BCUT2D eigenvalue weighted by Crippen LogP contribution is 2.36. The van der Waals surface area contributed by atoms with Gasteiger partial charge in [-0.25, -0.2) is 0 Å². The van der Waals surface area contributed by atoms with Crippen molar-refractivity contribution in [3.8, 4) is 16.9 Å². The van der Waals surface area contributed by atoms with E-state index in [1.54, 1.807) is 38.5 Å². The third kappa shape index (κ3) is 3.59. The minimum Gasteiger partial charge on any atom is -0.488 e. The highest BCUT2D eigenvalue weighted by molar-refractivity contribution is 5.96. The summed E-state index contributed by atoms with van der Waals surface area (Å²) in [5.41, 5.74) is 3.62. The molecule has 0 bridgehead atoms. The number of benzene rings is 2. The van der Waals surface area contributed by atoms with Crippen LogP contribution in [0.3, 0.4) is 0 Å². The average Bonchev–Trinajstić information content (AvgIpc) is 3.25. The molecule has 0 aliphatic carbocycles. The van der Waals surface area contributed by atoms with Crippen molar-refractivity contribution in [2.24, 2.45) is 7.05 Å². The molecule has 0 aliphatic heterocycles. The molecule has 1 atom stereocenters. The number of pyridine rings is 1. The fourth-order valence-corrected chi connectivity index (χ4v) is 3.51. The smallest absolute Gasteiger partial charge is 0.310 e.